The first-order valence-corrected chi connectivity index (χ1v) is 7.38. The van der Waals surface area contributed by atoms with Crippen LogP contribution in [0.1, 0.15) is 40.0 Å². The second kappa shape index (κ2) is 11.5. The Morgan fingerprint density at radius 3 is 2.63 bits per heavy atom. The van der Waals surface area contributed by atoms with Gasteiger partial charge >= 0.3 is 0 Å². The minimum absolute atomic E-state index is 0.0588. The quantitative estimate of drug-likeness (QED) is 0.304. The molecule has 0 amide bonds. The lowest BCUT2D eigenvalue weighted by Crippen LogP contribution is -2.23. The number of aliphatic hydroxyl groups is 1. The fourth-order valence-electron chi connectivity index (χ4n) is 1.83. The molecule has 1 N–H and O–H groups in total. The maximum Gasteiger partial charge on any atom is 0.147 e. The molecule has 3 atom stereocenters. The zero-order valence-corrected chi connectivity index (χ0v) is 13.9. The van der Waals surface area contributed by atoms with Crippen molar-refractivity contribution in [1.82, 2.24) is 0 Å². The van der Waals surface area contributed by atoms with E-state index in [0.717, 1.165) is 24.8 Å². The van der Waals surface area contributed by atoms with Crippen LogP contribution in [0.5, 0.6) is 0 Å². The van der Waals surface area contributed by atoms with E-state index in [2.05, 4.69) is 39.7 Å². The molecule has 19 heavy (non-hydrogen) atoms. The molecule has 0 aromatic rings. The van der Waals surface area contributed by atoms with Gasteiger partial charge in [0, 0.05) is 29.0 Å². The van der Waals surface area contributed by atoms with Crippen molar-refractivity contribution in [3.63, 3.8) is 0 Å². The second-order valence-electron chi connectivity index (χ2n) is 4.75. The molecule has 4 heteroatoms. The van der Waals surface area contributed by atoms with Crippen molar-refractivity contribution in [2.45, 2.75) is 52.2 Å². The summed E-state index contributed by atoms with van der Waals surface area (Å²) in [4.78, 5) is 2.74. The van der Waals surface area contributed by atoms with E-state index in [9.17, 15) is 5.11 Å². The van der Waals surface area contributed by atoms with Crippen LogP contribution < -0.4 is 0 Å². The maximum absolute atomic E-state index is 9.22. The highest BCUT2D eigenvalue weighted by Gasteiger charge is 2.17. The Balaban J connectivity index is 4.45. The van der Waals surface area contributed by atoms with Crippen LogP contribution >= 0.6 is 15.9 Å². The van der Waals surface area contributed by atoms with Crippen molar-refractivity contribution in [3.8, 4) is 10.8 Å². The predicted octanol–water partition coefficient (Wildman–Crippen LogP) is 3.46. The van der Waals surface area contributed by atoms with Crippen LogP contribution in [0, 0.1) is 16.7 Å². The van der Waals surface area contributed by atoms with Gasteiger partial charge in [-0.2, -0.15) is 0 Å². The fourth-order valence-corrected chi connectivity index (χ4v) is 2.19. The van der Waals surface area contributed by atoms with Gasteiger partial charge in [0.05, 0.1) is 12.2 Å². The lowest BCUT2D eigenvalue weighted by Gasteiger charge is -2.21. The Bertz CT molecular complexity index is 315. The van der Waals surface area contributed by atoms with E-state index < -0.39 is 0 Å². The second-order valence-corrected chi connectivity index (χ2v) is 5.15. The van der Waals surface area contributed by atoms with Crippen LogP contribution in [0.15, 0.2) is 11.6 Å². The maximum atomic E-state index is 9.22. The number of unbranched alkanes of at least 4 members (excludes halogenated alkanes) is 1. The molecule has 0 aromatic carbocycles. The third kappa shape index (κ3) is 9.23. The Hall–Kier alpha value is -0.340. The van der Waals surface area contributed by atoms with Crippen LogP contribution in [0.25, 0.3) is 0 Å². The van der Waals surface area contributed by atoms with E-state index in [-0.39, 0.29) is 24.9 Å². The van der Waals surface area contributed by atoms with E-state index in [1.807, 2.05) is 13.8 Å². The third-order valence-corrected chi connectivity index (χ3v) is 3.07. The molecule has 0 aromatic heterocycles. The summed E-state index contributed by atoms with van der Waals surface area (Å²) >= 11 is 3.12. The van der Waals surface area contributed by atoms with Crippen molar-refractivity contribution >= 4 is 15.9 Å². The summed E-state index contributed by atoms with van der Waals surface area (Å²) in [6.45, 7) is 6.16. The van der Waals surface area contributed by atoms with Crippen molar-refractivity contribution in [3.05, 3.63) is 11.6 Å². The zero-order chi connectivity index (χ0) is 14.7. The number of rotatable bonds is 9. The van der Waals surface area contributed by atoms with Gasteiger partial charge in [0.2, 0.25) is 0 Å². The minimum Gasteiger partial charge on any atom is -0.393 e. The molecule has 3 nitrogen and oxygen atoms in total. The number of aliphatic hydroxyl groups excluding tert-OH is 1. The van der Waals surface area contributed by atoms with E-state index >= 15 is 0 Å². The highest BCUT2D eigenvalue weighted by molar-refractivity contribution is 9.12. The van der Waals surface area contributed by atoms with E-state index in [0.29, 0.717) is 0 Å². The van der Waals surface area contributed by atoms with E-state index in [1.165, 1.54) is 0 Å². The minimum atomic E-state index is -0.229. The van der Waals surface area contributed by atoms with Gasteiger partial charge in [-0.1, -0.05) is 12.0 Å². The normalized spacial score (nSPS) is 16.4. The summed E-state index contributed by atoms with van der Waals surface area (Å²) in [7, 11) is 1.61. The van der Waals surface area contributed by atoms with Crippen molar-refractivity contribution in [2.24, 2.45) is 5.92 Å². The number of hydrogen-bond acceptors (Lipinski definition) is 3. The van der Waals surface area contributed by atoms with Crippen molar-refractivity contribution < 1.29 is 14.6 Å². The van der Waals surface area contributed by atoms with Gasteiger partial charge in [-0.05, 0) is 50.4 Å². The molecular formula is C15H25BrO3. The van der Waals surface area contributed by atoms with Crippen LogP contribution in [-0.4, -0.2) is 31.2 Å². The average Bonchev–Trinajstić information content (AvgIpc) is 2.35. The molecule has 0 heterocycles. The molecule has 0 saturated heterocycles. The summed E-state index contributed by atoms with van der Waals surface area (Å²) < 4.78 is 10.6. The standard InChI is InChI=1S/C15H25BrO3/c1-12(7-5-6-8-14(3)17)15(19-11-18-4)13(2)9-10-16/h7,13-15,17H,5-6,8,11H2,1-4H3/b12-7+/t13-,14+,15-/m0/s1. The van der Waals surface area contributed by atoms with Gasteiger partial charge in [-0.3, -0.25) is 0 Å². The van der Waals surface area contributed by atoms with Gasteiger partial charge in [0.25, 0.3) is 0 Å². The summed E-state index contributed by atoms with van der Waals surface area (Å²) in [5.74, 6) is 3.15. The Labute approximate surface area is 125 Å². The first kappa shape index (κ1) is 18.7. The number of hydrogen-bond donors (Lipinski definition) is 1. The number of ether oxygens (including phenoxy) is 2. The third-order valence-electron chi connectivity index (χ3n) is 2.84. The van der Waals surface area contributed by atoms with Crippen LogP contribution in [-0.2, 0) is 9.47 Å². The average molecular weight is 333 g/mol. The molecular weight excluding hydrogens is 308 g/mol. The molecule has 0 aliphatic heterocycles. The van der Waals surface area contributed by atoms with Gasteiger partial charge in [-0.25, -0.2) is 0 Å². The molecule has 0 spiro atoms. The molecule has 0 bridgehead atoms. The summed E-state index contributed by atoms with van der Waals surface area (Å²) in [6.07, 6.45) is 4.62. The summed E-state index contributed by atoms with van der Waals surface area (Å²) in [5, 5.41) is 9.22. The van der Waals surface area contributed by atoms with Gasteiger partial charge in [-0.15, -0.1) is 0 Å². The molecule has 0 saturated carbocycles. The monoisotopic (exact) mass is 332 g/mol. The number of halogens is 1. The Kier molecular flexibility index (Phi) is 11.3. The van der Waals surface area contributed by atoms with Crippen LogP contribution in [0.2, 0.25) is 0 Å². The predicted molar refractivity (Wildman–Crippen MR) is 81.9 cm³/mol. The number of allylic oxidation sites excluding steroid dienone is 1. The van der Waals surface area contributed by atoms with Gasteiger partial charge in [0.15, 0.2) is 0 Å². The summed E-state index contributed by atoms with van der Waals surface area (Å²) in [6, 6.07) is 0. The van der Waals surface area contributed by atoms with E-state index in [4.69, 9.17) is 9.47 Å². The van der Waals surface area contributed by atoms with Crippen LogP contribution in [0.3, 0.4) is 0 Å². The molecule has 0 aliphatic carbocycles. The molecule has 0 aliphatic rings. The molecule has 0 unspecified atom stereocenters. The van der Waals surface area contributed by atoms with Gasteiger partial charge < -0.3 is 14.6 Å². The molecule has 0 rings (SSSR count). The number of methoxy groups -OCH3 is 1. The smallest absolute Gasteiger partial charge is 0.147 e. The SMILES string of the molecule is COCO[C@@H](/C(C)=C/CCC[C@@H](C)O)[C@@H](C)C#CBr. The lowest BCUT2D eigenvalue weighted by molar-refractivity contribution is -0.0682. The highest BCUT2D eigenvalue weighted by atomic mass is 79.9. The highest BCUT2D eigenvalue weighted by Crippen LogP contribution is 2.18. The fraction of sp³-hybridized carbons (Fsp3) is 0.733. The lowest BCUT2D eigenvalue weighted by atomic mass is 9.97. The van der Waals surface area contributed by atoms with Crippen LogP contribution in [0.4, 0.5) is 0 Å². The summed E-state index contributed by atoms with van der Waals surface area (Å²) in [5.41, 5.74) is 1.16. The molecule has 110 valence electrons. The van der Waals surface area contributed by atoms with Gasteiger partial charge in [0.1, 0.15) is 6.79 Å². The molecule has 0 fully saturated rings. The van der Waals surface area contributed by atoms with Crippen molar-refractivity contribution in [2.75, 3.05) is 13.9 Å². The largest absolute Gasteiger partial charge is 0.393 e. The van der Waals surface area contributed by atoms with Crippen molar-refractivity contribution in [1.29, 1.82) is 0 Å². The Morgan fingerprint density at radius 2 is 2.11 bits per heavy atom. The topological polar surface area (TPSA) is 38.7 Å². The Morgan fingerprint density at radius 1 is 1.42 bits per heavy atom. The zero-order valence-electron chi connectivity index (χ0n) is 12.3. The first-order chi connectivity index (χ1) is 9.02. The van der Waals surface area contributed by atoms with E-state index in [1.54, 1.807) is 7.11 Å². The molecule has 0 radical (unpaired) electrons. The first-order valence-electron chi connectivity index (χ1n) is 6.59.